The van der Waals surface area contributed by atoms with Crippen molar-refractivity contribution in [3.63, 3.8) is 0 Å². The fraction of sp³-hybridized carbons (Fsp3) is 0.500. The summed E-state index contributed by atoms with van der Waals surface area (Å²) in [4.78, 5) is 14.2. The molecular formula is C14H17FN2O. The molecule has 4 heteroatoms. The Bertz CT molecular complexity index is 489. The summed E-state index contributed by atoms with van der Waals surface area (Å²) in [6, 6.07) is 4.43. The normalized spacial score (nSPS) is 26.3. The molecule has 1 fully saturated rings. The van der Waals surface area contributed by atoms with Gasteiger partial charge < -0.3 is 10.2 Å². The molecule has 2 heterocycles. The predicted octanol–water partition coefficient (Wildman–Crippen LogP) is 2.77. The molecule has 1 aromatic carbocycles. The molecule has 2 unspecified atom stereocenters. The molecule has 1 N–H and O–H groups in total. The number of fused-ring (bicyclic) bond motifs is 3. The zero-order valence-electron chi connectivity index (χ0n) is 10.4. The van der Waals surface area contributed by atoms with E-state index >= 15 is 0 Å². The Morgan fingerprint density at radius 3 is 3.11 bits per heavy atom. The van der Waals surface area contributed by atoms with Crippen LogP contribution in [0, 0.1) is 11.7 Å². The van der Waals surface area contributed by atoms with Crippen molar-refractivity contribution >= 4 is 17.3 Å². The lowest BCUT2D eigenvalue weighted by Gasteiger charge is -2.43. The number of nitrogens with zero attached hydrogens (tertiary/aromatic N) is 1. The minimum atomic E-state index is -0.249. The molecule has 1 saturated heterocycles. The summed E-state index contributed by atoms with van der Waals surface area (Å²) in [7, 11) is 0. The van der Waals surface area contributed by atoms with Crippen LogP contribution in [0.25, 0.3) is 0 Å². The van der Waals surface area contributed by atoms with Gasteiger partial charge in [-0.3, -0.25) is 4.79 Å². The molecule has 2 aliphatic heterocycles. The number of nitrogens with one attached hydrogen (secondary N) is 1. The molecule has 3 rings (SSSR count). The van der Waals surface area contributed by atoms with Crippen molar-refractivity contribution in [1.29, 1.82) is 0 Å². The van der Waals surface area contributed by atoms with Crippen molar-refractivity contribution in [2.45, 2.75) is 32.2 Å². The zero-order chi connectivity index (χ0) is 12.7. The van der Waals surface area contributed by atoms with Crippen LogP contribution in [-0.4, -0.2) is 18.5 Å². The third-order valence-electron chi connectivity index (χ3n) is 4.12. The van der Waals surface area contributed by atoms with E-state index in [-0.39, 0.29) is 17.8 Å². The first-order chi connectivity index (χ1) is 8.69. The maximum atomic E-state index is 13.4. The molecule has 96 valence electrons. The van der Waals surface area contributed by atoms with E-state index in [9.17, 15) is 9.18 Å². The van der Waals surface area contributed by atoms with E-state index < -0.39 is 0 Å². The van der Waals surface area contributed by atoms with Crippen molar-refractivity contribution in [3.8, 4) is 0 Å². The minimum Gasteiger partial charge on any atom is -0.358 e. The monoisotopic (exact) mass is 248 g/mol. The van der Waals surface area contributed by atoms with Crippen molar-refractivity contribution in [2.24, 2.45) is 5.92 Å². The zero-order valence-corrected chi connectivity index (χ0v) is 10.4. The van der Waals surface area contributed by atoms with Gasteiger partial charge in [0.15, 0.2) is 0 Å². The fourth-order valence-corrected chi connectivity index (χ4v) is 3.01. The standard InChI is InChI=1S/C14H17FN2O/c1-2-9-5-6-17-12-8-10(15)3-4-11(12)16-14(18)13(17)7-9/h3-4,8-9,13H,2,5-7H2,1H3,(H,16,18). The van der Waals surface area contributed by atoms with E-state index in [2.05, 4.69) is 17.1 Å². The maximum absolute atomic E-state index is 13.4. The number of carbonyl (C=O) groups excluding carboxylic acids is 1. The molecule has 3 nitrogen and oxygen atoms in total. The highest BCUT2D eigenvalue weighted by atomic mass is 19.1. The number of carbonyl (C=O) groups is 1. The molecule has 18 heavy (non-hydrogen) atoms. The maximum Gasteiger partial charge on any atom is 0.247 e. The fourth-order valence-electron chi connectivity index (χ4n) is 3.01. The third kappa shape index (κ3) is 1.76. The summed E-state index contributed by atoms with van der Waals surface area (Å²) < 4.78 is 13.4. The van der Waals surface area contributed by atoms with Crippen LogP contribution >= 0.6 is 0 Å². The van der Waals surface area contributed by atoms with Gasteiger partial charge in [-0.25, -0.2) is 4.39 Å². The van der Waals surface area contributed by atoms with Gasteiger partial charge in [0.05, 0.1) is 11.4 Å². The van der Waals surface area contributed by atoms with E-state index in [1.807, 2.05) is 0 Å². The highest BCUT2D eigenvalue weighted by Crippen LogP contribution is 2.38. The highest BCUT2D eigenvalue weighted by Gasteiger charge is 2.37. The van der Waals surface area contributed by atoms with Crippen LogP contribution in [-0.2, 0) is 4.79 Å². The van der Waals surface area contributed by atoms with Gasteiger partial charge in [0.25, 0.3) is 0 Å². The van der Waals surface area contributed by atoms with E-state index in [0.717, 1.165) is 37.2 Å². The Morgan fingerprint density at radius 1 is 1.50 bits per heavy atom. The predicted molar refractivity (Wildman–Crippen MR) is 69.2 cm³/mol. The van der Waals surface area contributed by atoms with Gasteiger partial charge in [0, 0.05) is 6.54 Å². The number of anilines is 2. The lowest BCUT2D eigenvalue weighted by Crippen LogP contribution is -2.52. The largest absolute Gasteiger partial charge is 0.358 e. The Morgan fingerprint density at radius 2 is 2.33 bits per heavy atom. The quantitative estimate of drug-likeness (QED) is 0.828. The Balaban J connectivity index is 1.97. The molecule has 1 aromatic rings. The minimum absolute atomic E-state index is 0.0484. The van der Waals surface area contributed by atoms with Crippen LogP contribution in [0.2, 0.25) is 0 Å². The number of benzene rings is 1. The van der Waals surface area contributed by atoms with Crippen LogP contribution in [0.1, 0.15) is 26.2 Å². The molecule has 1 amide bonds. The van der Waals surface area contributed by atoms with Gasteiger partial charge >= 0.3 is 0 Å². The first-order valence-corrected chi connectivity index (χ1v) is 6.56. The second-order valence-corrected chi connectivity index (χ2v) is 5.16. The average molecular weight is 248 g/mol. The van der Waals surface area contributed by atoms with E-state index in [1.165, 1.54) is 12.1 Å². The first-order valence-electron chi connectivity index (χ1n) is 6.56. The average Bonchev–Trinajstić information content (AvgIpc) is 2.39. The van der Waals surface area contributed by atoms with Crippen LogP contribution in [0.5, 0.6) is 0 Å². The summed E-state index contributed by atoms with van der Waals surface area (Å²) in [5.74, 6) is 0.403. The molecule has 2 atom stereocenters. The topological polar surface area (TPSA) is 32.3 Å². The number of hydrogen-bond acceptors (Lipinski definition) is 2. The van der Waals surface area contributed by atoms with Crippen molar-refractivity contribution in [3.05, 3.63) is 24.0 Å². The van der Waals surface area contributed by atoms with Gasteiger partial charge in [-0.2, -0.15) is 0 Å². The van der Waals surface area contributed by atoms with E-state index in [1.54, 1.807) is 6.07 Å². The van der Waals surface area contributed by atoms with Gasteiger partial charge in [-0.1, -0.05) is 13.3 Å². The van der Waals surface area contributed by atoms with Crippen LogP contribution in [0.4, 0.5) is 15.8 Å². The summed E-state index contributed by atoms with van der Waals surface area (Å²) in [5.41, 5.74) is 1.56. The lowest BCUT2D eigenvalue weighted by molar-refractivity contribution is -0.118. The Hall–Kier alpha value is -1.58. The first kappa shape index (κ1) is 11.5. The van der Waals surface area contributed by atoms with Crippen LogP contribution in [0.15, 0.2) is 18.2 Å². The second-order valence-electron chi connectivity index (χ2n) is 5.16. The van der Waals surface area contributed by atoms with Crippen LogP contribution < -0.4 is 10.2 Å². The van der Waals surface area contributed by atoms with Crippen molar-refractivity contribution in [1.82, 2.24) is 0 Å². The Labute approximate surface area is 106 Å². The number of rotatable bonds is 1. The summed E-state index contributed by atoms with van der Waals surface area (Å²) in [5, 5.41) is 2.88. The molecule has 0 bridgehead atoms. The summed E-state index contributed by atoms with van der Waals surface area (Å²) >= 11 is 0. The third-order valence-corrected chi connectivity index (χ3v) is 4.12. The van der Waals surface area contributed by atoms with Gasteiger partial charge in [0.2, 0.25) is 5.91 Å². The molecule has 0 aliphatic carbocycles. The number of piperidine rings is 1. The van der Waals surface area contributed by atoms with Crippen molar-refractivity contribution in [2.75, 3.05) is 16.8 Å². The van der Waals surface area contributed by atoms with E-state index in [4.69, 9.17) is 0 Å². The summed E-state index contributed by atoms with van der Waals surface area (Å²) in [6.45, 7) is 3.00. The molecular weight excluding hydrogens is 231 g/mol. The lowest BCUT2D eigenvalue weighted by atomic mass is 9.87. The smallest absolute Gasteiger partial charge is 0.247 e. The molecule has 0 saturated carbocycles. The molecule has 0 aromatic heterocycles. The number of hydrogen-bond donors (Lipinski definition) is 1. The van der Waals surface area contributed by atoms with Gasteiger partial charge in [-0.05, 0) is 37.0 Å². The van der Waals surface area contributed by atoms with Gasteiger partial charge in [-0.15, -0.1) is 0 Å². The Kier molecular flexibility index (Phi) is 2.73. The number of halogens is 1. The summed E-state index contributed by atoms with van der Waals surface area (Å²) in [6.07, 6.45) is 3.06. The molecule has 0 spiro atoms. The van der Waals surface area contributed by atoms with Crippen molar-refractivity contribution < 1.29 is 9.18 Å². The highest BCUT2D eigenvalue weighted by molar-refractivity contribution is 6.03. The second kappa shape index (κ2) is 4.26. The molecule has 0 radical (unpaired) electrons. The van der Waals surface area contributed by atoms with E-state index in [0.29, 0.717) is 5.92 Å². The van der Waals surface area contributed by atoms with Crippen LogP contribution in [0.3, 0.4) is 0 Å². The number of amides is 1. The SMILES string of the molecule is CCC1CCN2c3cc(F)ccc3NC(=O)C2C1. The van der Waals surface area contributed by atoms with Gasteiger partial charge in [0.1, 0.15) is 11.9 Å². The molecule has 2 aliphatic rings.